The summed E-state index contributed by atoms with van der Waals surface area (Å²) >= 11 is 0. The molecule has 1 aliphatic heterocycles. The van der Waals surface area contributed by atoms with E-state index in [1.54, 1.807) is 11.0 Å². The summed E-state index contributed by atoms with van der Waals surface area (Å²) in [7, 11) is 0. The summed E-state index contributed by atoms with van der Waals surface area (Å²) in [6.07, 6.45) is 5.02. The van der Waals surface area contributed by atoms with Crippen LogP contribution in [0.2, 0.25) is 0 Å². The Labute approximate surface area is 161 Å². The third-order valence-electron chi connectivity index (χ3n) is 4.29. The molecule has 6 heteroatoms. The van der Waals surface area contributed by atoms with Gasteiger partial charge in [-0.25, -0.2) is 4.79 Å². The Morgan fingerprint density at radius 1 is 1.41 bits per heavy atom. The number of hydrogen-bond acceptors (Lipinski definition) is 4. The van der Waals surface area contributed by atoms with Crippen molar-refractivity contribution in [3.8, 4) is 0 Å². The Balaban J connectivity index is 0.000000527. The maximum Gasteiger partial charge on any atom is 0.410 e. The molecule has 1 amide bonds. The number of carboxylic acids is 1. The summed E-state index contributed by atoms with van der Waals surface area (Å²) in [5.41, 5.74) is 1.14. The van der Waals surface area contributed by atoms with Gasteiger partial charge in [0.2, 0.25) is 0 Å². The number of aliphatic hydroxyl groups is 1. The van der Waals surface area contributed by atoms with E-state index in [0.717, 1.165) is 24.8 Å². The topological polar surface area (TPSA) is 87.1 Å². The van der Waals surface area contributed by atoms with E-state index in [4.69, 9.17) is 9.84 Å². The van der Waals surface area contributed by atoms with Gasteiger partial charge in [0, 0.05) is 25.4 Å². The van der Waals surface area contributed by atoms with E-state index >= 15 is 0 Å². The molecule has 2 rings (SSSR count). The summed E-state index contributed by atoms with van der Waals surface area (Å²) in [6, 6.07) is 10.1. The number of carbonyl (C=O) groups is 2. The van der Waals surface area contributed by atoms with Crippen molar-refractivity contribution in [2.45, 2.75) is 57.6 Å². The number of amides is 1. The van der Waals surface area contributed by atoms with E-state index < -0.39 is 5.97 Å². The van der Waals surface area contributed by atoms with Crippen LogP contribution in [-0.2, 0) is 16.0 Å². The minimum absolute atomic E-state index is 0.134. The second-order valence-electron chi connectivity index (χ2n) is 6.56. The Hall–Kier alpha value is -2.34. The summed E-state index contributed by atoms with van der Waals surface area (Å²) in [5, 5.41) is 18.1. The molecule has 0 radical (unpaired) electrons. The van der Waals surface area contributed by atoms with E-state index in [9.17, 15) is 14.7 Å². The van der Waals surface area contributed by atoms with Crippen LogP contribution in [0.5, 0.6) is 0 Å². The summed E-state index contributed by atoms with van der Waals surface area (Å²) in [4.78, 5) is 23.0. The normalized spacial score (nSPS) is 17.3. The number of nitrogens with zero attached hydrogens (tertiary/aromatic N) is 1. The van der Waals surface area contributed by atoms with Crippen molar-refractivity contribution in [1.29, 1.82) is 0 Å². The van der Waals surface area contributed by atoms with Gasteiger partial charge in [-0.1, -0.05) is 43.3 Å². The maximum atomic E-state index is 11.7. The van der Waals surface area contributed by atoms with Gasteiger partial charge in [-0.2, -0.15) is 0 Å². The van der Waals surface area contributed by atoms with Crippen molar-refractivity contribution in [3.63, 3.8) is 0 Å². The Morgan fingerprint density at radius 2 is 2.11 bits per heavy atom. The second kappa shape index (κ2) is 12.9. The smallest absolute Gasteiger partial charge is 0.410 e. The molecule has 1 aromatic carbocycles. The number of carbonyl (C=O) groups excluding carboxylic acids is 1. The van der Waals surface area contributed by atoms with Crippen molar-refractivity contribution in [2.24, 2.45) is 0 Å². The number of carboxylic acid groups (broad SMARTS) is 1. The fourth-order valence-electron chi connectivity index (χ4n) is 2.92. The van der Waals surface area contributed by atoms with Gasteiger partial charge in [0.25, 0.3) is 0 Å². The Bertz CT molecular complexity index is 575. The first-order chi connectivity index (χ1) is 13.0. The van der Waals surface area contributed by atoms with Crippen LogP contribution >= 0.6 is 0 Å². The largest absolute Gasteiger partial charge is 0.481 e. The van der Waals surface area contributed by atoms with E-state index in [1.165, 1.54) is 0 Å². The van der Waals surface area contributed by atoms with Crippen molar-refractivity contribution in [3.05, 3.63) is 48.6 Å². The zero-order valence-corrected chi connectivity index (χ0v) is 16.0. The third-order valence-corrected chi connectivity index (χ3v) is 4.29. The molecule has 2 atom stereocenters. The molecule has 0 aromatic heterocycles. The number of cyclic esters (lactones) is 1. The minimum Gasteiger partial charge on any atom is -0.481 e. The van der Waals surface area contributed by atoms with Crippen LogP contribution in [-0.4, -0.2) is 52.5 Å². The number of benzene rings is 1. The predicted molar refractivity (Wildman–Crippen MR) is 105 cm³/mol. The van der Waals surface area contributed by atoms with Crippen LogP contribution in [0.1, 0.15) is 44.6 Å². The molecule has 6 nitrogen and oxygen atoms in total. The molecule has 1 heterocycles. The highest BCUT2D eigenvalue weighted by molar-refractivity contribution is 5.69. The lowest BCUT2D eigenvalue weighted by Gasteiger charge is -2.34. The highest BCUT2D eigenvalue weighted by atomic mass is 16.6. The molecule has 2 N–H and O–H groups in total. The van der Waals surface area contributed by atoms with Gasteiger partial charge < -0.3 is 19.8 Å². The third kappa shape index (κ3) is 9.24. The average molecular weight is 377 g/mol. The van der Waals surface area contributed by atoms with Gasteiger partial charge in [0.05, 0.1) is 12.7 Å². The highest BCUT2D eigenvalue weighted by Gasteiger charge is 2.28. The summed E-state index contributed by atoms with van der Waals surface area (Å²) in [6.45, 7) is 6.48. The quantitative estimate of drug-likeness (QED) is 0.642. The lowest BCUT2D eigenvalue weighted by atomic mass is 9.99. The number of hydrogen-bond donors (Lipinski definition) is 2. The molecule has 1 aromatic rings. The van der Waals surface area contributed by atoms with Gasteiger partial charge in [0.15, 0.2) is 0 Å². The van der Waals surface area contributed by atoms with Crippen molar-refractivity contribution in [1.82, 2.24) is 4.90 Å². The molecular weight excluding hydrogens is 346 g/mol. The average Bonchev–Trinajstić information content (AvgIpc) is 2.63. The minimum atomic E-state index is -0.711. The molecule has 2 unspecified atom stereocenters. The fraction of sp³-hybridized carbons (Fsp3) is 0.524. The van der Waals surface area contributed by atoms with Crippen LogP contribution < -0.4 is 0 Å². The Kier molecular flexibility index (Phi) is 10.9. The predicted octanol–water partition coefficient (Wildman–Crippen LogP) is 3.64. The van der Waals surface area contributed by atoms with Crippen molar-refractivity contribution >= 4 is 12.1 Å². The number of aliphatic hydroxyl groups excluding tert-OH is 1. The monoisotopic (exact) mass is 377 g/mol. The van der Waals surface area contributed by atoms with Crippen LogP contribution in [0, 0.1) is 0 Å². The molecule has 0 bridgehead atoms. The maximum absolute atomic E-state index is 11.7. The van der Waals surface area contributed by atoms with Gasteiger partial charge in [-0.15, -0.1) is 6.58 Å². The molecule has 0 saturated carbocycles. The fourth-order valence-corrected chi connectivity index (χ4v) is 2.92. The van der Waals surface area contributed by atoms with E-state index in [-0.39, 0.29) is 18.2 Å². The molecule has 1 fully saturated rings. The Morgan fingerprint density at radius 3 is 2.67 bits per heavy atom. The summed E-state index contributed by atoms with van der Waals surface area (Å²) in [5.74, 6) is -0.711. The van der Waals surface area contributed by atoms with Crippen LogP contribution in [0.25, 0.3) is 0 Å². The summed E-state index contributed by atoms with van der Waals surface area (Å²) < 4.78 is 5.05. The lowest BCUT2D eigenvalue weighted by molar-refractivity contribution is -0.137. The van der Waals surface area contributed by atoms with E-state index in [0.29, 0.717) is 32.4 Å². The first-order valence-corrected chi connectivity index (χ1v) is 9.46. The zero-order valence-electron chi connectivity index (χ0n) is 16.0. The lowest BCUT2D eigenvalue weighted by Crippen LogP contribution is -2.45. The molecule has 0 spiro atoms. The standard InChI is InChI=1S/C17H23NO3.C4H8O2/c1-2-11-18-15(10-12-21-17(18)20)8-9-16(19)13-14-6-4-3-5-7-14;1-2-3-4(5)6/h2-7,15-16,19H,1,8-13H2;2-3H2,1H3,(H,5,6). The molecule has 27 heavy (non-hydrogen) atoms. The first-order valence-electron chi connectivity index (χ1n) is 9.46. The molecule has 0 aliphatic carbocycles. The SMILES string of the molecule is C=CCN1C(=O)OCCC1CCC(O)Cc1ccccc1.CCCC(=O)O. The molecule has 150 valence electrons. The van der Waals surface area contributed by atoms with Gasteiger partial charge >= 0.3 is 12.1 Å². The second-order valence-corrected chi connectivity index (χ2v) is 6.56. The van der Waals surface area contributed by atoms with Gasteiger partial charge in [-0.3, -0.25) is 4.79 Å². The molecular formula is C21H31NO5. The molecule has 1 aliphatic rings. The zero-order chi connectivity index (χ0) is 20.1. The number of aliphatic carboxylic acids is 1. The number of rotatable bonds is 9. The van der Waals surface area contributed by atoms with Crippen LogP contribution in [0.15, 0.2) is 43.0 Å². The first kappa shape index (κ1) is 22.7. The van der Waals surface area contributed by atoms with Crippen LogP contribution in [0.4, 0.5) is 4.79 Å². The van der Waals surface area contributed by atoms with E-state index in [2.05, 4.69) is 6.58 Å². The van der Waals surface area contributed by atoms with Crippen molar-refractivity contribution in [2.75, 3.05) is 13.2 Å². The number of ether oxygens (including phenoxy) is 1. The van der Waals surface area contributed by atoms with Gasteiger partial charge in [0.1, 0.15) is 0 Å². The van der Waals surface area contributed by atoms with Crippen molar-refractivity contribution < 1.29 is 24.5 Å². The highest BCUT2D eigenvalue weighted by Crippen LogP contribution is 2.19. The molecule has 1 saturated heterocycles. The van der Waals surface area contributed by atoms with Crippen LogP contribution in [0.3, 0.4) is 0 Å². The van der Waals surface area contributed by atoms with E-state index in [1.807, 2.05) is 37.3 Å². The van der Waals surface area contributed by atoms with Gasteiger partial charge in [-0.05, 0) is 31.2 Å².